The molecule has 1 saturated carbocycles. The molecule has 1 aromatic heterocycles. The van der Waals surface area contributed by atoms with Gasteiger partial charge in [0.25, 0.3) is 0 Å². The van der Waals surface area contributed by atoms with Crippen LogP contribution in [-0.4, -0.2) is 40.4 Å². The van der Waals surface area contributed by atoms with E-state index in [-0.39, 0.29) is 0 Å². The van der Waals surface area contributed by atoms with Gasteiger partial charge in [-0.15, -0.1) is 0 Å². The van der Waals surface area contributed by atoms with Crippen LogP contribution in [0.5, 0.6) is 0 Å². The van der Waals surface area contributed by atoms with Crippen molar-refractivity contribution in [3.63, 3.8) is 0 Å². The molecule has 2 fully saturated rings. The van der Waals surface area contributed by atoms with Gasteiger partial charge in [-0.25, -0.2) is 0 Å². The van der Waals surface area contributed by atoms with Crippen LogP contribution >= 0.6 is 0 Å². The summed E-state index contributed by atoms with van der Waals surface area (Å²) in [6, 6.07) is 1.25. The van der Waals surface area contributed by atoms with Gasteiger partial charge < -0.3 is 5.32 Å². The van der Waals surface area contributed by atoms with Crippen molar-refractivity contribution in [2.24, 2.45) is 13.0 Å². The van der Waals surface area contributed by atoms with Crippen LogP contribution < -0.4 is 5.32 Å². The van der Waals surface area contributed by atoms with Crippen molar-refractivity contribution < 1.29 is 0 Å². The lowest BCUT2D eigenvalue weighted by Crippen LogP contribution is -2.43. The molecule has 0 amide bonds. The molecule has 4 nitrogen and oxygen atoms in total. The van der Waals surface area contributed by atoms with Crippen LogP contribution in [0, 0.1) is 5.92 Å². The van der Waals surface area contributed by atoms with E-state index in [4.69, 9.17) is 0 Å². The molecule has 0 bridgehead atoms. The molecule has 0 spiro atoms. The number of hydrogen-bond acceptors (Lipinski definition) is 3. The summed E-state index contributed by atoms with van der Waals surface area (Å²) in [5.41, 5.74) is 1.34. The maximum absolute atomic E-state index is 4.28. The molecule has 1 N–H and O–H groups in total. The summed E-state index contributed by atoms with van der Waals surface area (Å²) in [4.78, 5) is 2.59. The summed E-state index contributed by atoms with van der Waals surface area (Å²) < 4.78 is 1.90. The Labute approximate surface area is 116 Å². The molecule has 2 heterocycles. The Balaban J connectivity index is 1.46. The predicted molar refractivity (Wildman–Crippen MR) is 76.9 cm³/mol. The number of hydrogen-bond donors (Lipinski definition) is 1. The monoisotopic (exact) mass is 262 g/mol. The van der Waals surface area contributed by atoms with E-state index in [0.717, 1.165) is 12.0 Å². The fourth-order valence-electron chi connectivity index (χ4n) is 3.01. The average molecular weight is 262 g/mol. The highest BCUT2D eigenvalue weighted by Gasteiger charge is 2.26. The van der Waals surface area contributed by atoms with Crippen LogP contribution in [-0.2, 0) is 7.05 Å². The van der Waals surface area contributed by atoms with Crippen LogP contribution in [0.2, 0.25) is 0 Å². The largest absolute Gasteiger partial charge is 0.314 e. The second-order valence-corrected chi connectivity index (χ2v) is 6.29. The molecule has 3 rings (SSSR count). The van der Waals surface area contributed by atoms with Crippen LogP contribution in [0.15, 0.2) is 12.4 Å². The lowest BCUT2D eigenvalue weighted by Gasteiger charge is -2.36. The van der Waals surface area contributed by atoms with E-state index in [1.54, 1.807) is 0 Å². The summed E-state index contributed by atoms with van der Waals surface area (Å²) in [5.74, 6) is 0.993. The van der Waals surface area contributed by atoms with Gasteiger partial charge in [-0.1, -0.05) is 0 Å². The maximum Gasteiger partial charge on any atom is 0.0537 e. The Hall–Kier alpha value is -0.870. The quantitative estimate of drug-likeness (QED) is 0.880. The molecule has 106 valence electrons. The molecule has 19 heavy (non-hydrogen) atoms. The molecule has 1 aliphatic heterocycles. The minimum Gasteiger partial charge on any atom is -0.314 e. The SMILES string of the molecule is CC(c1cnn(C)c1)N1CCC(NCC2CC2)CC1. The van der Waals surface area contributed by atoms with Crippen molar-refractivity contribution in [3.05, 3.63) is 18.0 Å². The fraction of sp³-hybridized carbons (Fsp3) is 0.800. The van der Waals surface area contributed by atoms with Crippen LogP contribution in [0.1, 0.15) is 44.2 Å². The summed E-state index contributed by atoms with van der Waals surface area (Å²) in [6.07, 6.45) is 9.62. The Morgan fingerprint density at radius 3 is 2.63 bits per heavy atom. The lowest BCUT2D eigenvalue weighted by molar-refractivity contribution is 0.152. The van der Waals surface area contributed by atoms with Crippen LogP contribution in [0.3, 0.4) is 0 Å². The number of aromatic nitrogens is 2. The molecule has 1 aliphatic carbocycles. The van der Waals surface area contributed by atoms with E-state index in [1.165, 1.54) is 50.9 Å². The summed E-state index contributed by atoms with van der Waals surface area (Å²) in [5, 5.41) is 8.02. The first-order chi connectivity index (χ1) is 9.22. The zero-order chi connectivity index (χ0) is 13.2. The third kappa shape index (κ3) is 3.37. The summed E-state index contributed by atoms with van der Waals surface area (Å²) >= 11 is 0. The van der Waals surface area contributed by atoms with Gasteiger partial charge >= 0.3 is 0 Å². The highest BCUT2D eigenvalue weighted by molar-refractivity contribution is 5.09. The molecule has 0 aromatic carbocycles. The van der Waals surface area contributed by atoms with E-state index in [1.807, 2.05) is 17.9 Å². The van der Waals surface area contributed by atoms with Crippen LogP contribution in [0.25, 0.3) is 0 Å². The number of rotatable bonds is 5. The highest BCUT2D eigenvalue weighted by atomic mass is 15.2. The second-order valence-electron chi connectivity index (χ2n) is 6.29. The minimum atomic E-state index is 0.498. The number of piperidine rings is 1. The smallest absolute Gasteiger partial charge is 0.0537 e. The topological polar surface area (TPSA) is 33.1 Å². The molecular weight excluding hydrogens is 236 g/mol. The Kier molecular flexibility index (Phi) is 3.89. The van der Waals surface area contributed by atoms with E-state index < -0.39 is 0 Å². The first kappa shape index (κ1) is 13.1. The van der Waals surface area contributed by atoms with Gasteiger partial charge in [0, 0.05) is 44.0 Å². The van der Waals surface area contributed by atoms with Gasteiger partial charge in [0.15, 0.2) is 0 Å². The third-order valence-corrected chi connectivity index (χ3v) is 4.68. The van der Waals surface area contributed by atoms with Gasteiger partial charge in [-0.05, 0) is 45.1 Å². The Morgan fingerprint density at radius 1 is 1.32 bits per heavy atom. The van der Waals surface area contributed by atoms with Gasteiger partial charge in [0.1, 0.15) is 0 Å². The van der Waals surface area contributed by atoms with Crippen molar-refractivity contribution in [2.75, 3.05) is 19.6 Å². The van der Waals surface area contributed by atoms with Gasteiger partial charge in [0.2, 0.25) is 0 Å². The molecule has 1 saturated heterocycles. The Bertz CT molecular complexity index is 402. The van der Waals surface area contributed by atoms with Crippen molar-refractivity contribution in [2.45, 2.75) is 44.7 Å². The minimum absolute atomic E-state index is 0.498. The summed E-state index contributed by atoms with van der Waals surface area (Å²) in [6.45, 7) is 5.97. The molecule has 1 unspecified atom stereocenters. The zero-order valence-corrected chi connectivity index (χ0v) is 12.2. The zero-order valence-electron chi connectivity index (χ0n) is 12.2. The molecule has 0 radical (unpaired) electrons. The highest BCUT2D eigenvalue weighted by Crippen LogP contribution is 2.28. The second kappa shape index (κ2) is 5.63. The summed E-state index contributed by atoms with van der Waals surface area (Å²) in [7, 11) is 1.99. The predicted octanol–water partition coefficient (Wildman–Crippen LogP) is 1.95. The maximum atomic E-state index is 4.28. The molecule has 1 atom stereocenters. The normalized spacial score (nSPS) is 23.7. The van der Waals surface area contributed by atoms with Crippen molar-refractivity contribution in [3.8, 4) is 0 Å². The molecule has 4 heteroatoms. The number of nitrogens with one attached hydrogen (secondary N) is 1. The number of aryl methyl sites for hydroxylation is 1. The van der Waals surface area contributed by atoms with Crippen LogP contribution in [0.4, 0.5) is 0 Å². The Morgan fingerprint density at radius 2 is 2.05 bits per heavy atom. The number of nitrogens with zero attached hydrogens (tertiary/aromatic N) is 3. The molecule has 2 aliphatic rings. The average Bonchev–Trinajstić information content (AvgIpc) is 3.17. The molecular formula is C15H26N4. The van der Waals surface area contributed by atoms with Crippen molar-refractivity contribution in [1.29, 1.82) is 0 Å². The first-order valence-electron chi connectivity index (χ1n) is 7.68. The van der Waals surface area contributed by atoms with Crippen molar-refractivity contribution in [1.82, 2.24) is 20.0 Å². The standard InChI is InChI=1S/C15H26N4/c1-12(14-10-17-18(2)11-14)19-7-5-15(6-8-19)16-9-13-3-4-13/h10-13,15-16H,3-9H2,1-2H3. The van der Waals surface area contributed by atoms with E-state index in [9.17, 15) is 0 Å². The van der Waals surface area contributed by atoms with E-state index in [0.29, 0.717) is 6.04 Å². The van der Waals surface area contributed by atoms with Crippen molar-refractivity contribution >= 4 is 0 Å². The number of likely N-dealkylation sites (tertiary alicyclic amines) is 1. The molecule has 1 aromatic rings. The third-order valence-electron chi connectivity index (χ3n) is 4.68. The van der Waals surface area contributed by atoms with E-state index in [2.05, 4.69) is 28.4 Å². The first-order valence-corrected chi connectivity index (χ1v) is 7.68. The van der Waals surface area contributed by atoms with E-state index >= 15 is 0 Å². The lowest BCUT2D eigenvalue weighted by atomic mass is 10.0. The van der Waals surface area contributed by atoms with Gasteiger partial charge in [-0.3, -0.25) is 9.58 Å². The van der Waals surface area contributed by atoms with Gasteiger partial charge in [0.05, 0.1) is 6.20 Å². The fourth-order valence-corrected chi connectivity index (χ4v) is 3.01. The van der Waals surface area contributed by atoms with Gasteiger partial charge in [-0.2, -0.15) is 5.10 Å².